The zero-order valence-electron chi connectivity index (χ0n) is 11.4. The van der Waals surface area contributed by atoms with Crippen LogP contribution in [0.5, 0.6) is 0 Å². The van der Waals surface area contributed by atoms with Gasteiger partial charge in [0, 0.05) is 19.7 Å². The molecule has 1 heterocycles. The number of aromatic carboxylic acids is 1. The summed E-state index contributed by atoms with van der Waals surface area (Å²) in [5.41, 5.74) is 5.58. The summed E-state index contributed by atoms with van der Waals surface area (Å²) in [6.45, 7) is 0.768. The van der Waals surface area contributed by atoms with Crippen molar-refractivity contribution in [3.8, 4) is 0 Å². The molecular formula is C13H18N2O5S. The first kappa shape index (κ1) is 15.7. The number of carbonyl (C=O) groups is 1. The summed E-state index contributed by atoms with van der Waals surface area (Å²) in [5.74, 6) is -1.01. The minimum Gasteiger partial charge on any atom is -0.478 e. The van der Waals surface area contributed by atoms with E-state index in [9.17, 15) is 13.2 Å². The Morgan fingerprint density at radius 3 is 2.71 bits per heavy atom. The van der Waals surface area contributed by atoms with Gasteiger partial charge in [-0.15, -0.1) is 0 Å². The third-order valence-corrected chi connectivity index (χ3v) is 5.60. The predicted molar refractivity (Wildman–Crippen MR) is 76.4 cm³/mol. The lowest BCUT2D eigenvalue weighted by atomic mass is 10.1. The second kappa shape index (κ2) is 6.00. The molecule has 0 saturated carbocycles. The van der Waals surface area contributed by atoms with Gasteiger partial charge >= 0.3 is 5.97 Å². The molecule has 2 rings (SSSR count). The number of carboxylic acid groups (broad SMARTS) is 1. The van der Waals surface area contributed by atoms with Gasteiger partial charge in [-0.3, -0.25) is 0 Å². The molecule has 0 radical (unpaired) electrons. The molecule has 4 N–H and O–H groups in total. The van der Waals surface area contributed by atoms with E-state index in [-0.39, 0.29) is 28.7 Å². The van der Waals surface area contributed by atoms with Crippen LogP contribution in [0.4, 0.5) is 5.69 Å². The summed E-state index contributed by atoms with van der Waals surface area (Å²) >= 11 is 0. The SMILES string of the molecule is Nc1cc(C(=O)O)ccc1S(=O)(=O)N1CCC(CCO)C1. The van der Waals surface area contributed by atoms with Crippen molar-refractivity contribution in [2.45, 2.75) is 17.7 Å². The van der Waals surface area contributed by atoms with Crippen molar-refractivity contribution in [3.63, 3.8) is 0 Å². The number of sulfonamides is 1. The molecule has 1 aromatic rings. The first-order valence-electron chi connectivity index (χ1n) is 6.60. The van der Waals surface area contributed by atoms with Crippen LogP contribution in [0.1, 0.15) is 23.2 Å². The maximum atomic E-state index is 12.5. The molecule has 0 bridgehead atoms. The van der Waals surface area contributed by atoms with Gasteiger partial charge in [0.05, 0.1) is 11.3 Å². The molecule has 116 valence electrons. The first-order valence-corrected chi connectivity index (χ1v) is 8.04. The van der Waals surface area contributed by atoms with Crippen LogP contribution in [0.15, 0.2) is 23.1 Å². The zero-order valence-corrected chi connectivity index (χ0v) is 12.2. The Kier molecular flexibility index (Phi) is 4.50. The van der Waals surface area contributed by atoms with Crippen LogP contribution in [0.2, 0.25) is 0 Å². The summed E-state index contributed by atoms with van der Waals surface area (Å²) in [4.78, 5) is 10.8. The fourth-order valence-electron chi connectivity index (χ4n) is 2.49. The molecule has 1 aliphatic heterocycles. The Bertz CT molecular complexity index is 644. The van der Waals surface area contributed by atoms with E-state index in [1.165, 1.54) is 16.4 Å². The number of hydrogen-bond acceptors (Lipinski definition) is 5. The maximum Gasteiger partial charge on any atom is 0.335 e. The van der Waals surface area contributed by atoms with Crippen molar-refractivity contribution in [2.24, 2.45) is 5.92 Å². The van der Waals surface area contributed by atoms with E-state index >= 15 is 0 Å². The van der Waals surface area contributed by atoms with E-state index in [4.69, 9.17) is 15.9 Å². The van der Waals surface area contributed by atoms with Crippen molar-refractivity contribution in [1.82, 2.24) is 4.31 Å². The number of nitrogens with zero attached hydrogens (tertiary/aromatic N) is 1. The second-order valence-electron chi connectivity index (χ2n) is 5.09. The van der Waals surface area contributed by atoms with E-state index in [1.807, 2.05) is 0 Å². The highest BCUT2D eigenvalue weighted by atomic mass is 32.2. The molecule has 8 heteroatoms. The van der Waals surface area contributed by atoms with Gasteiger partial charge in [-0.05, 0) is 37.0 Å². The Labute approximate surface area is 123 Å². The third-order valence-electron chi connectivity index (χ3n) is 3.66. The molecule has 1 unspecified atom stereocenters. The van der Waals surface area contributed by atoms with Crippen molar-refractivity contribution in [3.05, 3.63) is 23.8 Å². The third kappa shape index (κ3) is 3.17. The van der Waals surface area contributed by atoms with Crippen LogP contribution >= 0.6 is 0 Å². The summed E-state index contributed by atoms with van der Waals surface area (Å²) in [7, 11) is -3.73. The van der Waals surface area contributed by atoms with Gasteiger partial charge in [-0.1, -0.05) is 0 Å². The first-order chi connectivity index (χ1) is 9.86. The summed E-state index contributed by atoms with van der Waals surface area (Å²) in [5, 5.41) is 17.8. The van der Waals surface area contributed by atoms with E-state index in [1.54, 1.807) is 0 Å². The quantitative estimate of drug-likeness (QED) is 0.675. The van der Waals surface area contributed by atoms with Crippen molar-refractivity contribution in [2.75, 3.05) is 25.4 Å². The highest BCUT2D eigenvalue weighted by Crippen LogP contribution is 2.29. The largest absolute Gasteiger partial charge is 0.478 e. The van der Waals surface area contributed by atoms with E-state index in [2.05, 4.69) is 0 Å². The maximum absolute atomic E-state index is 12.5. The van der Waals surface area contributed by atoms with Crippen molar-refractivity contribution < 1.29 is 23.4 Å². The number of hydrogen-bond donors (Lipinski definition) is 3. The smallest absolute Gasteiger partial charge is 0.335 e. The van der Waals surface area contributed by atoms with Crippen LogP contribution in [0.3, 0.4) is 0 Å². The zero-order chi connectivity index (χ0) is 15.6. The van der Waals surface area contributed by atoms with Crippen molar-refractivity contribution in [1.29, 1.82) is 0 Å². The van der Waals surface area contributed by atoms with Gasteiger partial charge in [0.2, 0.25) is 10.0 Å². The summed E-state index contributed by atoms with van der Waals surface area (Å²) in [6, 6.07) is 3.61. The highest BCUT2D eigenvalue weighted by molar-refractivity contribution is 7.89. The minimum atomic E-state index is -3.73. The number of carboxylic acids is 1. The Morgan fingerprint density at radius 1 is 1.43 bits per heavy atom. The molecule has 1 atom stereocenters. The lowest BCUT2D eigenvalue weighted by molar-refractivity contribution is 0.0697. The van der Waals surface area contributed by atoms with Gasteiger partial charge < -0.3 is 15.9 Å². The van der Waals surface area contributed by atoms with Gasteiger partial charge in [0.1, 0.15) is 4.90 Å². The lowest BCUT2D eigenvalue weighted by Gasteiger charge is -2.18. The highest BCUT2D eigenvalue weighted by Gasteiger charge is 2.33. The molecule has 0 spiro atoms. The number of rotatable bonds is 5. The second-order valence-corrected chi connectivity index (χ2v) is 6.99. The van der Waals surface area contributed by atoms with E-state index in [0.717, 1.165) is 6.07 Å². The summed E-state index contributed by atoms with van der Waals surface area (Å²) in [6.07, 6.45) is 1.27. The van der Waals surface area contributed by atoms with Gasteiger partial charge in [-0.25, -0.2) is 13.2 Å². The van der Waals surface area contributed by atoms with Crippen LogP contribution in [0.25, 0.3) is 0 Å². The average molecular weight is 314 g/mol. The van der Waals surface area contributed by atoms with Crippen LogP contribution in [-0.2, 0) is 10.0 Å². The monoisotopic (exact) mass is 314 g/mol. The number of anilines is 1. The average Bonchev–Trinajstić information content (AvgIpc) is 2.88. The number of benzene rings is 1. The standard InChI is InChI=1S/C13H18N2O5S/c14-11-7-10(13(17)18)1-2-12(11)21(19,20)15-5-3-9(8-15)4-6-16/h1-2,7,9,16H,3-6,8,14H2,(H,17,18). The summed E-state index contributed by atoms with van der Waals surface area (Å²) < 4.78 is 26.4. The molecule has 0 aromatic heterocycles. The minimum absolute atomic E-state index is 0.0357. The van der Waals surface area contributed by atoms with E-state index in [0.29, 0.717) is 25.9 Å². The van der Waals surface area contributed by atoms with Gasteiger partial charge in [0.15, 0.2) is 0 Å². The van der Waals surface area contributed by atoms with Crippen LogP contribution < -0.4 is 5.73 Å². The number of nitrogens with two attached hydrogens (primary N) is 1. The Hall–Kier alpha value is -1.64. The fourth-order valence-corrected chi connectivity index (χ4v) is 4.12. The molecule has 1 aliphatic rings. The van der Waals surface area contributed by atoms with Crippen LogP contribution in [-0.4, -0.2) is 48.6 Å². The number of aliphatic hydroxyl groups excluding tert-OH is 1. The fraction of sp³-hybridized carbons (Fsp3) is 0.462. The molecule has 1 fully saturated rings. The van der Waals surface area contributed by atoms with Gasteiger partial charge in [0.25, 0.3) is 0 Å². The topological polar surface area (TPSA) is 121 Å². The molecule has 7 nitrogen and oxygen atoms in total. The Morgan fingerprint density at radius 2 is 2.14 bits per heavy atom. The van der Waals surface area contributed by atoms with Crippen molar-refractivity contribution >= 4 is 21.7 Å². The molecule has 1 saturated heterocycles. The lowest BCUT2D eigenvalue weighted by Crippen LogP contribution is -2.29. The molecule has 0 amide bonds. The van der Waals surface area contributed by atoms with Crippen LogP contribution in [0, 0.1) is 5.92 Å². The Balaban J connectivity index is 2.26. The normalized spacial score (nSPS) is 19.8. The number of nitrogen functional groups attached to an aromatic ring is 1. The van der Waals surface area contributed by atoms with Gasteiger partial charge in [-0.2, -0.15) is 4.31 Å². The molecule has 21 heavy (non-hydrogen) atoms. The molecular weight excluding hydrogens is 296 g/mol. The molecule has 0 aliphatic carbocycles. The molecule has 1 aromatic carbocycles. The predicted octanol–water partition coefficient (Wildman–Crippen LogP) is 0.360. The number of aliphatic hydroxyl groups is 1. The van der Waals surface area contributed by atoms with E-state index < -0.39 is 16.0 Å².